The maximum atomic E-state index is 10.9. The van der Waals surface area contributed by atoms with Crippen molar-refractivity contribution in [1.29, 1.82) is 0 Å². The van der Waals surface area contributed by atoms with Crippen LogP contribution >= 0.6 is 34.8 Å². The summed E-state index contributed by atoms with van der Waals surface area (Å²) in [5, 5.41) is -2.39. The van der Waals surface area contributed by atoms with Crippen LogP contribution < -0.4 is 0 Å². The Morgan fingerprint density at radius 1 is 0.750 bits per heavy atom. The first kappa shape index (κ1) is 17.1. The smallest absolute Gasteiger partial charge is 0.252 e. The van der Waals surface area contributed by atoms with E-state index < -0.39 is 15.7 Å². The van der Waals surface area contributed by atoms with Gasteiger partial charge in [0.15, 0.2) is 0 Å². The topological polar surface area (TPSA) is 60.4 Å². The van der Waals surface area contributed by atoms with Gasteiger partial charge < -0.3 is 4.74 Å². The molecule has 4 nitrogen and oxygen atoms in total. The van der Waals surface area contributed by atoms with E-state index in [1.54, 1.807) is 0 Å². The zero-order valence-corrected chi connectivity index (χ0v) is 12.6. The van der Waals surface area contributed by atoms with Crippen LogP contribution in [0.1, 0.15) is 43.9 Å². The second kappa shape index (κ2) is 8.37. The lowest BCUT2D eigenvalue weighted by molar-refractivity contribution is 0.108. The Morgan fingerprint density at radius 3 is 1.20 bits per heavy atom. The summed E-state index contributed by atoms with van der Waals surface area (Å²) in [7, 11) is 0. The molecule has 0 atom stereocenters. The number of rotatable bonds is 3. The number of carbonyl (C=O) groups is 3. The minimum absolute atomic E-state index is 0.00725. The van der Waals surface area contributed by atoms with Crippen molar-refractivity contribution in [2.75, 3.05) is 13.2 Å². The second-order valence-electron chi connectivity index (χ2n) is 3.94. The normalized spacial score (nSPS) is 13.3. The molecule has 0 bridgehead atoms. The molecule has 1 aromatic carbocycles. The van der Waals surface area contributed by atoms with Gasteiger partial charge in [0, 0.05) is 29.9 Å². The third-order valence-electron chi connectivity index (χ3n) is 2.44. The zero-order valence-electron chi connectivity index (χ0n) is 10.3. The van der Waals surface area contributed by atoms with E-state index in [1.807, 2.05) is 0 Å². The zero-order chi connectivity index (χ0) is 15.1. The predicted molar refractivity (Wildman–Crippen MR) is 77.0 cm³/mol. The lowest BCUT2D eigenvalue weighted by Gasteiger charge is -2.00. The summed E-state index contributed by atoms with van der Waals surface area (Å²) in [6.45, 7) is 2.00. The third-order valence-corrected chi connectivity index (χ3v) is 3.10. The Balaban J connectivity index is 0.000000333. The Hall–Kier alpha value is -0.940. The molecular weight excluding hydrogens is 326 g/mol. The molecule has 0 saturated carbocycles. The molecule has 0 N–H and O–H groups in total. The monoisotopic (exact) mass is 336 g/mol. The van der Waals surface area contributed by atoms with Gasteiger partial charge in [0.2, 0.25) is 0 Å². The van der Waals surface area contributed by atoms with E-state index in [2.05, 4.69) is 0 Å². The number of halogens is 3. The number of hydrogen-bond donors (Lipinski definition) is 0. The van der Waals surface area contributed by atoms with Crippen molar-refractivity contribution in [3.63, 3.8) is 0 Å². The van der Waals surface area contributed by atoms with Crippen LogP contribution in [0, 0.1) is 0 Å². The van der Waals surface area contributed by atoms with Crippen molar-refractivity contribution in [2.24, 2.45) is 0 Å². The molecule has 1 saturated heterocycles. The predicted octanol–water partition coefficient (Wildman–Crippen LogP) is 3.62. The summed E-state index contributed by atoms with van der Waals surface area (Å²) in [4.78, 5) is 32.6. The van der Waals surface area contributed by atoms with Crippen LogP contribution in [0.25, 0.3) is 0 Å². The maximum absolute atomic E-state index is 10.9. The average Bonchev–Trinajstić information content (AvgIpc) is 2.97. The summed E-state index contributed by atoms with van der Waals surface area (Å²) in [5.74, 6) is 0. The molecule has 0 aromatic heterocycles. The summed E-state index contributed by atoms with van der Waals surface area (Å²) in [6.07, 6.45) is 2.56. The molecule has 7 heteroatoms. The van der Waals surface area contributed by atoms with Crippen molar-refractivity contribution >= 4 is 50.5 Å². The molecular formula is C13H11Cl3O4. The van der Waals surface area contributed by atoms with Gasteiger partial charge in [-0.3, -0.25) is 14.4 Å². The highest BCUT2D eigenvalue weighted by atomic mass is 35.5. The molecule has 1 aliphatic heterocycles. The highest BCUT2D eigenvalue weighted by Crippen LogP contribution is 2.16. The lowest BCUT2D eigenvalue weighted by atomic mass is 10.1. The van der Waals surface area contributed by atoms with Crippen LogP contribution in [0.2, 0.25) is 0 Å². The first-order valence-corrected chi connectivity index (χ1v) is 6.87. The molecule has 0 aliphatic carbocycles. The Morgan fingerprint density at radius 2 is 1.05 bits per heavy atom. The van der Waals surface area contributed by atoms with Crippen LogP contribution in [0.3, 0.4) is 0 Å². The summed E-state index contributed by atoms with van der Waals surface area (Å²) < 4.78 is 4.94. The van der Waals surface area contributed by atoms with Crippen LogP contribution in [-0.2, 0) is 4.74 Å². The van der Waals surface area contributed by atoms with Gasteiger partial charge in [-0.1, -0.05) is 0 Å². The fourth-order valence-corrected chi connectivity index (χ4v) is 1.81. The van der Waals surface area contributed by atoms with E-state index in [9.17, 15) is 14.4 Å². The molecule has 20 heavy (non-hydrogen) atoms. The molecule has 1 fully saturated rings. The van der Waals surface area contributed by atoms with Gasteiger partial charge >= 0.3 is 0 Å². The fourth-order valence-electron chi connectivity index (χ4n) is 1.48. The minimum atomic E-state index is -0.797. The lowest BCUT2D eigenvalue weighted by Crippen LogP contribution is -2.00. The maximum Gasteiger partial charge on any atom is 0.252 e. The van der Waals surface area contributed by atoms with E-state index in [4.69, 9.17) is 39.5 Å². The van der Waals surface area contributed by atoms with Crippen molar-refractivity contribution in [1.82, 2.24) is 0 Å². The molecule has 0 radical (unpaired) electrons. The first-order valence-electron chi connectivity index (χ1n) is 5.74. The van der Waals surface area contributed by atoms with Crippen LogP contribution in [0.15, 0.2) is 18.2 Å². The Bertz CT molecular complexity index is 438. The first-order chi connectivity index (χ1) is 9.41. The largest absolute Gasteiger partial charge is 0.381 e. The van der Waals surface area contributed by atoms with E-state index in [0.29, 0.717) is 0 Å². The van der Waals surface area contributed by atoms with E-state index in [-0.39, 0.29) is 16.7 Å². The molecule has 108 valence electrons. The minimum Gasteiger partial charge on any atom is -0.381 e. The molecule has 0 spiro atoms. The Kier molecular flexibility index (Phi) is 7.16. The number of carbonyl (C=O) groups excluding carboxylic acids is 3. The van der Waals surface area contributed by atoms with Crippen molar-refractivity contribution in [2.45, 2.75) is 12.8 Å². The standard InChI is InChI=1S/C9H3Cl3O3.C4H8O/c10-7(13)4-1-5(8(11)14)3-6(2-4)9(12)15;1-2-4-5-3-1/h1-3H;1-4H2. The number of hydrogen-bond acceptors (Lipinski definition) is 4. The molecule has 0 unspecified atom stereocenters. The SMILES string of the molecule is C1CCOC1.O=C(Cl)c1cc(C(=O)Cl)cc(C(=O)Cl)c1. The van der Waals surface area contributed by atoms with Crippen LogP contribution in [-0.4, -0.2) is 28.9 Å². The van der Waals surface area contributed by atoms with E-state index >= 15 is 0 Å². The second-order valence-corrected chi connectivity index (χ2v) is 4.97. The van der Waals surface area contributed by atoms with Gasteiger partial charge in [0.05, 0.1) is 0 Å². The van der Waals surface area contributed by atoms with Gasteiger partial charge in [0.25, 0.3) is 15.7 Å². The molecule has 0 amide bonds. The average molecular weight is 338 g/mol. The highest BCUT2D eigenvalue weighted by molar-refractivity contribution is 6.70. The summed E-state index contributed by atoms with van der Waals surface area (Å²) in [6, 6.07) is 3.57. The third kappa shape index (κ3) is 5.59. The van der Waals surface area contributed by atoms with E-state index in [0.717, 1.165) is 13.2 Å². The molecule has 2 rings (SSSR count). The van der Waals surface area contributed by atoms with Crippen molar-refractivity contribution in [3.05, 3.63) is 34.9 Å². The van der Waals surface area contributed by atoms with Gasteiger partial charge in [0.1, 0.15) is 0 Å². The van der Waals surface area contributed by atoms with Gasteiger partial charge in [-0.2, -0.15) is 0 Å². The van der Waals surface area contributed by atoms with E-state index in [1.165, 1.54) is 31.0 Å². The summed E-state index contributed by atoms with van der Waals surface area (Å²) in [5.41, 5.74) is -0.0218. The fraction of sp³-hybridized carbons (Fsp3) is 0.308. The summed E-state index contributed by atoms with van der Waals surface area (Å²) >= 11 is 15.6. The number of ether oxygens (including phenoxy) is 1. The van der Waals surface area contributed by atoms with Crippen LogP contribution in [0.5, 0.6) is 0 Å². The van der Waals surface area contributed by atoms with Gasteiger partial charge in [-0.05, 0) is 65.8 Å². The number of benzene rings is 1. The van der Waals surface area contributed by atoms with Crippen molar-refractivity contribution < 1.29 is 19.1 Å². The highest BCUT2D eigenvalue weighted by Gasteiger charge is 2.12. The molecule has 1 heterocycles. The van der Waals surface area contributed by atoms with Crippen LogP contribution in [0.4, 0.5) is 0 Å². The quantitative estimate of drug-likeness (QED) is 0.790. The van der Waals surface area contributed by atoms with Gasteiger partial charge in [-0.15, -0.1) is 0 Å². The van der Waals surface area contributed by atoms with Gasteiger partial charge in [-0.25, -0.2) is 0 Å². The molecule has 1 aromatic rings. The van der Waals surface area contributed by atoms with Crippen molar-refractivity contribution in [3.8, 4) is 0 Å². The Labute approximate surface area is 130 Å². The molecule has 1 aliphatic rings.